The standard InChI is InChI=1S/C20H31N5O/c1-16-13-25(14-17(2)26-16)10-5-4-8-21-12-19-15-24(3)23-20(19)18-7-6-9-22-11-18/h6-7,9,11,15-17,21H,4-5,8,10,12-14H2,1-3H3/t16-,17-/m1/s1. The summed E-state index contributed by atoms with van der Waals surface area (Å²) in [6.07, 6.45) is 8.86. The molecule has 0 aromatic carbocycles. The smallest absolute Gasteiger partial charge is 0.0983 e. The Bertz CT molecular complexity index is 662. The number of nitrogens with zero attached hydrogens (tertiary/aromatic N) is 4. The number of morpholine rings is 1. The first kappa shape index (κ1) is 19.0. The van der Waals surface area contributed by atoms with Crippen LogP contribution >= 0.6 is 0 Å². The second-order valence-electron chi connectivity index (χ2n) is 7.32. The van der Waals surface area contributed by atoms with Crippen molar-refractivity contribution >= 4 is 0 Å². The Morgan fingerprint density at radius 2 is 2.04 bits per heavy atom. The number of unbranched alkanes of at least 4 members (excludes halogenated alkanes) is 1. The van der Waals surface area contributed by atoms with Gasteiger partial charge >= 0.3 is 0 Å². The third-order valence-corrected chi connectivity index (χ3v) is 4.73. The molecule has 0 aliphatic carbocycles. The van der Waals surface area contributed by atoms with Crippen LogP contribution in [0.3, 0.4) is 0 Å². The lowest BCUT2D eigenvalue weighted by atomic mass is 10.1. The van der Waals surface area contributed by atoms with Crippen molar-refractivity contribution in [1.82, 2.24) is 25.0 Å². The fourth-order valence-electron chi connectivity index (χ4n) is 3.69. The third kappa shape index (κ3) is 5.37. The molecule has 2 atom stereocenters. The van der Waals surface area contributed by atoms with Crippen molar-refractivity contribution < 1.29 is 4.74 Å². The maximum absolute atomic E-state index is 5.79. The fourth-order valence-corrected chi connectivity index (χ4v) is 3.69. The first-order valence-corrected chi connectivity index (χ1v) is 9.63. The normalized spacial score (nSPS) is 21.2. The average molecular weight is 358 g/mol. The van der Waals surface area contributed by atoms with Crippen molar-refractivity contribution in [1.29, 1.82) is 0 Å². The second kappa shape index (κ2) is 9.26. The molecular formula is C20H31N5O. The third-order valence-electron chi connectivity index (χ3n) is 4.73. The van der Waals surface area contributed by atoms with E-state index in [1.54, 1.807) is 6.20 Å². The Morgan fingerprint density at radius 3 is 2.77 bits per heavy atom. The van der Waals surface area contributed by atoms with Crippen LogP contribution in [0.15, 0.2) is 30.7 Å². The molecule has 2 aromatic rings. The van der Waals surface area contributed by atoms with Crippen molar-refractivity contribution in [2.75, 3.05) is 26.2 Å². The molecule has 3 rings (SSSR count). The molecule has 1 aliphatic heterocycles. The first-order chi connectivity index (χ1) is 12.6. The van der Waals surface area contributed by atoms with E-state index in [4.69, 9.17) is 4.74 Å². The van der Waals surface area contributed by atoms with Gasteiger partial charge in [-0.15, -0.1) is 0 Å². The molecule has 0 unspecified atom stereocenters. The van der Waals surface area contributed by atoms with Gasteiger partial charge in [-0.1, -0.05) is 0 Å². The summed E-state index contributed by atoms with van der Waals surface area (Å²) in [6, 6.07) is 4.01. The lowest BCUT2D eigenvalue weighted by molar-refractivity contribution is -0.0681. The van der Waals surface area contributed by atoms with E-state index in [0.717, 1.165) is 44.0 Å². The quantitative estimate of drug-likeness (QED) is 0.736. The minimum absolute atomic E-state index is 0.355. The van der Waals surface area contributed by atoms with Gasteiger partial charge in [0.2, 0.25) is 0 Å². The van der Waals surface area contributed by atoms with E-state index in [-0.39, 0.29) is 0 Å². The van der Waals surface area contributed by atoms with Crippen LogP contribution in [0.5, 0.6) is 0 Å². The molecule has 0 spiro atoms. The first-order valence-electron chi connectivity index (χ1n) is 9.63. The average Bonchev–Trinajstić information content (AvgIpc) is 2.98. The van der Waals surface area contributed by atoms with Gasteiger partial charge < -0.3 is 10.1 Å². The van der Waals surface area contributed by atoms with E-state index in [9.17, 15) is 0 Å². The summed E-state index contributed by atoms with van der Waals surface area (Å²) in [7, 11) is 1.97. The Morgan fingerprint density at radius 1 is 1.23 bits per heavy atom. The number of hydrogen-bond donors (Lipinski definition) is 1. The summed E-state index contributed by atoms with van der Waals surface area (Å²) in [5, 5.41) is 8.15. The number of hydrogen-bond acceptors (Lipinski definition) is 5. The van der Waals surface area contributed by atoms with Crippen LogP contribution in [0, 0.1) is 0 Å². The molecule has 0 bridgehead atoms. The predicted molar refractivity (Wildman–Crippen MR) is 104 cm³/mol. The highest BCUT2D eigenvalue weighted by atomic mass is 16.5. The molecule has 6 heteroatoms. The second-order valence-corrected chi connectivity index (χ2v) is 7.32. The van der Waals surface area contributed by atoms with E-state index in [1.807, 2.05) is 24.0 Å². The number of ether oxygens (including phenoxy) is 1. The molecule has 1 aliphatic rings. The minimum atomic E-state index is 0.355. The summed E-state index contributed by atoms with van der Waals surface area (Å²) in [6.45, 7) is 9.47. The number of rotatable bonds is 8. The van der Waals surface area contributed by atoms with Gasteiger partial charge in [0.05, 0.1) is 17.9 Å². The molecule has 1 saturated heterocycles. The maximum atomic E-state index is 5.79. The van der Waals surface area contributed by atoms with Gasteiger partial charge in [0.25, 0.3) is 0 Å². The van der Waals surface area contributed by atoms with E-state index >= 15 is 0 Å². The van der Waals surface area contributed by atoms with Crippen LogP contribution in [0.25, 0.3) is 11.3 Å². The predicted octanol–water partition coefficient (Wildman–Crippen LogP) is 2.46. The minimum Gasteiger partial charge on any atom is -0.373 e. The zero-order valence-electron chi connectivity index (χ0n) is 16.2. The van der Waals surface area contributed by atoms with Gasteiger partial charge in [0, 0.05) is 56.4 Å². The maximum Gasteiger partial charge on any atom is 0.0983 e. The number of pyridine rings is 1. The van der Waals surface area contributed by atoms with Crippen molar-refractivity contribution in [3.8, 4) is 11.3 Å². The van der Waals surface area contributed by atoms with E-state index < -0.39 is 0 Å². The molecule has 0 amide bonds. The Labute approximate surface area is 156 Å². The van der Waals surface area contributed by atoms with Gasteiger partial charge in [0.15, 0.2) is 0 Å². The summed E-state index contributed by atoms with van der Waals surface area (Å²) in [5.41, 5.74) is 3.31. The number of aromatic nitrogens is 3. The highest BCUT2D eigenvalue weighted by molar-refractivity contribution is 5.61. The zero-order valence-corrected chi connectivity index (χ0v) is 16.2. The Balaban J connectivity index is 1.39. The topological polar surface area (TPSA) is 55.2 Å². The van der Waals surface area contributed by atoms with Crippen LogP contribution < -0.4 is 5.32 Å². The molecule has 142 valence electrons. The Kier molecular flexibility index (Phi) is 6.77. The fraction of sp³-hybridized carbons (Fsp3) is 0.600. The van der Waals surface area contributed by atoms with Gasteiger partial charge in [-0.3, -0.25) is 14.6 Å². The SMILES string of the molecule is C[C@@H]1CN(CCCCNCc2cn(C)nc2-c2cccnc2)C[C@@H](C)O1. The number of nitrogens with one attached hydrogen (secondary N) is 1. The molecule has 3 heterocycles. The van der Waals surface area contributed by atoms with Gasteiger partial charge in [-0.05, 0) is 51.9 Å². The summed E-state index contributed by atoms with van der Waals surface area (Å²) >= 11 is 0. The van der Waals surface area contributed by atoms with E-state index in [1.165, 1.54) is 18.4 Å². The number of aryl methyl sites for hydroxylation is 1. The van der Waals surface area contributed by atoms with Crippen molar-refractivity contribution in [3.05, 3.63) is 36.3 Å². The van der Waals surface area contributed by atoms with Crippen molar-refractivity contribution in [3.63, 3.8) is 0 Å². The van der Waals surface area contributed by atoms with Gasteiger partial charge in [-0.2, -0.15) is 5.10 Å². The van der Waals surface area contributed by atoms with Crippen LogP contribution in [-0.4, -0.2) is 58.1 Å². The molecule has 2 aromatic heterocycles. The Hall–Kier alpha value is -1.76. The molecule has 6 nitrogen and oxygen atoms in total. The van der Waals surface area contributed by atoms with Gasteiger partial charge in [-0.25, -0.2) is 0 Å². The van der Waals surface area contributed by atoms with Crippen LogP contribution in [0.4, 0.5) is 0 Å². The van der Waals surface area contributed by atoms with E-state index in [0.29, 0.717) is 12.2 Å². The molecule has 0 radical (unpaired) electrons. The lowest BCUT2D eigenvalue weighted by Gasteiger charge is -2.35. The van der Waals surface area contributed by atoms with Crippen LogP contribution in [0.1, 0.15) is 32.3 Å². The highest BCUT2D eigenvalue weighted by Gasteiger charge is 2.21. The largest absolute Gasteiger partial charge is 0.373 e. The monoisotopic (exact) mass is 357 g/mol. The summed E-state index contributed by atoms with van der Waals surface area (Å²) in [5.74, 6) is 0. The van der Waals surface area contributed by atoms with E-state index in [2.05, 4.69) is 46.4 Å². The molecule has 0 saturated carbocycles. The lowest BCUT2D eigenvalue weighted by Crippen LogP contribution is -2.45. The van der Waals surface area contributed by atoms with Gasteiger partial charge in [0.1, 0.15) is 0 Å². The van der Waals surface area contributed by atoms with Crippen LogP contribution in [0.2, 0.25) is 0 Å². The molecule has 26 heavy (non-hydrogen) atoms. The summed E-state index contributed by atoms with van der Waals surface area (Å²) in [4.78, 5) is 6.73. The van der Waals surface area contributed by atoms with Crippen molar-refractivity contribution in [2.24, 2.45) is 7.05 Å². The zero-order chi connectivity index (χ0) is 18.4. The summed E-state index contributed by atoms with van der Waals surface area (Å²) < 4.78 is 7.67. The molecular weight excluding hydrogens is 326 g/mol. The molecule has 1 fully saturated rings. The molecule has 1 N–H and O–H groups in total. The highest BCUT2D eigenvalue weighted by Crippen LogP contribution is 2.20. The van der Waals surface area contributed by atoms with Crippen molar-refractivity contribution in [2.45, 2.75) is 45.4 Å². The van der Waals surface area contributed by atoms with Crippen LogP contribution in [-0.2, 0) is 18.3 Å².